The molecule has 3 heteroatoms. The van der Waals surface area contributed by atoms with Gasteiger partial charge in [0.2, 0.25) is 0 Å². The van der Waals surface area contributed by atoms with Crippen LogP contribution >= 0.6 is 11.8 Å². The van der Waals surface area contributed by atoms with Gasteiger partial charge in [-0.3, -0.25) is 0 Å². The minimum absolute atomic E-state index is 0.447. The summed E-state index contributed by atoms with van der Waals surface area (Å²) in [6.45, 7) is 0.447. The molecule has 0 radical (unpaired) electrons. The second kappa shape index (κ2) is 6.01. The van der Waals surface area contributed by atoms with Crippen LogP contribution < -0.4 is 4.74 Å². The Morgan fingerprint density at radius 2 is 2.33 bits per heavy atom. The molecule has 0 aliphatic heterocycles. The molecule has 1 aromatic rings. The normalized spacial score (nSPS) is 9.00. The number of thioether (sulfide) groups is 1. The van der Waals surface area contributed by atoms with Gasteiger partial charge in [0, 0.05) is 11.3 Å². The van der Waals surface area contributed by atoms with Crippen LogP contribution in [0.1, 0.15) is 12.0 Å². The molecule has 0 unspecified atom stereocenters. The molecule has 0 aromatic heterocycles. The Morgan fingerprint density at radius 3 is 2.93 bits per heavy atom. The highest BCUT2D eigenvalue weighted by Gasteiger charge is 2.07. The van der Waals surface area contributed by atoms with Crippen LogP contribution in [0.15, 0.2) is 23.1 Å². The third-order valence-electron chi connectivity index (χ3n) is 1.82. The van der Waals surface area contributed by atoms with Gasteiger partial charge in [-0.2, -0.15) is 5.26 Å². The summed E-state index contributed by atoms with van der Waals surface area (Å²) >= 11 is 1.53. The minimum atomic E-state index is 0.447. The largest absolute Gasteiger partial charge is 0.491 e. The highest BCUT2D eigenvalue weighted by atomic mass is 32.2. The topological polar surface area (TPSA) is 33.0 Å². The van der Waals surface area contributed by atoms with E-state index in [-0.39, 0.29) is 0 Å². The predicted octanol–water partition coefficient (Wildman–Crippen LogP) is 2.68. The fraction of sp³-hybridized carbons (Fsp3) is 0.250. The zero-order valence-electron chi connectivity index (χ0n) is 8.49. The van der Waals surface area contributed by atoms with E-state index >= 15 is 0 Å². The van der Waals surface area contributed by atoms with E-state index < -0.39 is 0 Å². The van der Waals surface area contributed by atoms with E-state index in [2.05, 4.69) is 12.0 Å². The second-order valence-corrected chi connectivity index (χ2v) is 3.60. The van der Waals surface area contributed by atoms with E-state index in [1.165, 1.54) is 11.8 Å². The van der Waals surface area contributed by atoms with Crippen LogP contribution in [0, 0.1) is 23.7 Å². The van der Waals surface area contributed by atoms with E-state index in [9.17, 15) is 0 Å². The summed E-state index contributed by atoms with van der Waals surface area (Å²) in [5.74, 6) is 3.10. The van der Waals surface area contributed by atoms with Gasteiger partial charge in [0.15, 0.2) is 0 Å². The summed E-state index contributed by atoms with van der Waals surface area (Å²) in [4.78, 5) is 0.927. The van der Waals surface area contributed by atoms with E-state index in [0.717, 1.165) is 4.90 Å². The molecule has 1 aromatic carbocycles. The van der Waals surface area contributed by atoms with Gasteiger partial charge < -0.3 is 4.74 Å². The number of nitrogens with zero attached hydrogens (tertiary/aromatic N) is 1. The predicted molar refractivity (Wildman–Crippen MR) is 61.9 cm³/mol. The molecular weight excluding hydrogens is 206 g/mol. The van der Waals surface area contributed by atoms with Crippen LogP contribution in [0.2, 0.25) is 0 Å². The molecule has 0 aliphatic carbocycles. The SMILES string of the molecule is C#CCCOc1cccc(SC)c1C#N. The molecule has 0 N–H and O–H groups in total. The third-order valence-corrected chi connectivity index (χ3v) is 2.60. The van der Waals surface area contributed by atoms with Gasteiger partial charge in [0.25, 0.3) is 0 Å². The van der Waals surface area contributed by atoms with Crippen LogP contribution in [0.5, 0.6) is 5.75 Å². The zero-order valence-corrected chi connectivity index (χ0v) is 9.30. The first-order valence-corrected chi connectivity index (χ1v) is 5.69. The highest BCUT2D eigenvalue weighted by Crippen LogP contribution is 2.27. The summed E-state index contributed by atoms with van der Waals surface area (Å²) in [5, 5.41) is 9.00. The van der Waals surface area contributed by atoms with Crippen molar-refractivity contribution in [2.45, 2.75) is 11.3 Å². The van der Waals surface area contributed by atoms with Crippen LogP contribution in [0.4, 0.5) is 0 Å². The van der Waals surface area contributed by atoms with Crippen LogP contribution in [0.25, 0.3) is 0 Å². The molecular formula is C12H11NOS. The van der Waals surface area contributed by atoms with Gasteiger partial charge in [-0.25, -0.2) is 0 Å². The lowest BCUT2D eigenvalue weighted by atomic mass is 10.2. The van der Waals surface area contributed by atoms with Crippen molar-refractivity contribution in [3.05, 3.63) is 23.8 Å². The Balaban J connectivity index is 2.88. The summed E-state index contributed by atoms with van der Waals surface area (Å²) in [6, 6.07) is 7.70. The van der Waals surface area contributed by atoms with E-state index in [1.54, 1.807) is 6.07 Å². The van der Waals surface area contributed by atoms with Gasteiger partial charge in [0.05, 0.1) is 6.61 Å². The molecule has 15 heavy (non-hydrogen) atoms. The van der Waals surface area contributed by atoms with Gasteiger partial charge in [-0.15, -0.1) is 24.1 Å². The standard InChI is InChI=1S/C12H11NOS/c1-3-4-8-14-11-6-5-7-12(15-2)10(11)9-13/h1,5-7H,4,8H2,2H3. The average molecular weight is 217 g/mol. The maximum absolute atomic E-state index is 9.00. The van der Waals surface area contributed by atoms with Crippen molar-refractivity contribution >= 4 is 11.8 Å². The van der Waals surface area contributed by atoms with Gasteiger partial charge in [-0.1, -0.05) is 6.07 Å². The van der Waals surface area contributed by atoms with Crippen LogP contribution in [0.3, 0.4) is 0 Å². The summed E-state index contributed by atoms with van der Waals surface area (Å²) in [5.41, 5.74) is 0.585. The monoisotopic (exact) mass is 217 g/mol. The number of rotatable bonds is 4. The van der Waals surface area contributed by atoms with Gasteiger partial charge in [-0.05, 0) is 18.4 Å². The Morgan fingerprint density at radius 1 is 1.53 bits per heavy atom. The Kier molecular flexibility index (Phi) is 4.60. The smallest absolute Gasteiger partial charge is 0.138 e. The third kappa shape index (κ3) is 2.94. The first kappa shape index (κ1) is 11.5. The van der Waals surface area contributed by atoms with Crippen LogP contribution in [-0.2, 0) is 0 Å². The molecule has 0 saturated carbocycles. The lowest BCUT2D eigenvalue weighted by Crippen LogP contribution is -1.98. The number of ether oxygens (including phenoxy) is 1. The molecule has 0 amide bonds. The van der Waals surface area contributed by atoms with Crippen molar-refractivity contribution in [3.63, 3.8) is 0 Å². The first-order chi connectivity index (χ1) is 7.33. The number of benzene rings is 1. The van der Waals surface area contributed by atoms with Crippen molar-refractivity contribution in [1.29, 1.82) is 5.26 Å². The molecule has 0 aliphatic rings. The van der Waals surface area contributed by atoms with Crippen molar-refractivity contribution in [2.24, 2.45) is 0 Å². The first-order valence-electron chi connectivity index (χ1n) is 4.47. The molecule has 1 rings (SSSR count). The molecule has 76 valence electrons. The number of nitriles is 1. The maximum atomic E-state index is 9.00. The lowest BCUT2D eigenvalue weighted by Gasteiger charge is -2.08. The fourth-order valence-electron chi connectivity index (χ4n) is 1.13. The number of terminal acetylenes is 1. The fourth-order valence-corrected chi connectivity index (χ4v) is 1.70. The molecule has 0 spiro atoms. The average Bonchev–Trinajstić information content (AvgIpc) is 2.29. The highest BCUT2D eigenvalue weighted by molar-refractivity contribution is 7.98. The Labute approximate surface area is 94.2 Å². The quantitative estimate of drug-likeness (QED) is 0.441. The number of hydrogen-bond acceptors (Lipinski definition) is 3. The van der Waals surface area contributed by atoms with E-state index in [0.29, 0.717) is 24.3 Å². The van der Waals surface area contributed by atoms with Crippen molar-refractivity contribution in [3.8, 4) is 24.2 Å². The van der Waals surface area contributed by atoms with E-state index in [1.807, 2.05) is 18.4 Å². The summed E-state index contributed by atoms with van der Waals surface area (Å²) in [6.07, 6.45) is 7.60. The number of hydrogen-bond donors (Lipinski definition) is 0. The van der Waals surface area contributed by atoms with Gasteiger partial charge >= 0.3 is 0 Å². The minimum Gasteiger partial charge on any atom is -0.491 e. The van der Waals surface area contributed by atoms with Crippen molar-refractivity contribution in [1.82, 2.24) is 0 Å². The molecule has 2 nitrogen and oxygen atoms in total. The summed E-state index contributed by atoms with van der Waals surface area (Å²) in [7, 11) is 0. The van der Waals surface area contributed by atoms with E-state index in [4.69, 9.17) is 16.4 Å². The molecule has 0 atom stereocenters. The lowest BCUT2D eigenvalue weighted by molar-refractivity contribution is 0.325. The van der Waals surface area contributed by atoms with Crippen molar-refractivity contribution < 1.29 is 4.74 Å². The Hall–Kier alpha value is -1.58. The second-order valence-electron chi connectivity index (χ2n) is 2.75. The van der Waals surface area contributed by atoms with Gasteiger partial charge in [0.1, 0.15) is 17.4 Å². The molecule has 0 bridgehead atoms. The molecule has 0 fully saturated rings. The zero-order chi connectivity index (χ0) is 11.1. The van der Waals surface area contributed by atoms with Crippen molar-refractivity contribution in [2.75, 3.05) is 12.9 Å². The maximum Gasteiger partial charge on any atom is 0.138 e. The van der Waals surface area contributed by atoms with Crippen LogP contribution in [-0.4, -0.2) is 12.9 Å². The molecule has 0 saturated heterocycles. The Bertz CT molecular complexity index is 415. The molecule has 0 heterocycles. The summed E-state index contributed by atoms with van der Waals surface area (Å²) < 4.78 is 5.43.